The summed E-state index contributed by atoms with van der Waals surface area (Å²) in [7, 11) is 0. The molecule has 0 aliphatic heterocycles. The number of benzene rings is 2. The molecule has 4 N–H and O–H groups in total. The average Bonchev–Trinajstić information content (AvgIpc) is 2.54. The van der Waals surface area contributed by atoms with Crippen molar-refractivity contribution in [1.29, 1.82) is 0 Å². The Hall–Kier alpha value is -1.68. The summed E-state index contributed by atoms with van der Waals surface area (Å²) in [6, 6.07) is 19.2. The molecule has 0 saturated carbocycles. The molecule has 0 amide bonds. The number of aliphatic hydroxyl groups excluding tert-OH is 1. The number of aliphatic hydroxyl groups is 1. The van der Waals surface area contributed by atoms with Crippen molar-refractivity contribution in [2.45, 2.75) is 25.4 Å². The fourth-order valence-corrected chi connectivity index (χ4v) is 2.46. The first-order chi connectivity index (χ1) is 10.2. The van der Waals surface area contributed by atoms with Crippen molar-refractivity contribution < 1.29 is 5.11 Å². The van der Waals surface area contributed by atoms with Crippen LogP contribution in [0.1, 0.15) is 24.9 Å². The highest BCUT2D eigenvalue weighted by molar-refractivity contribution is 5.63. The predicted molar refractivity (Wildman–Crippen MR) is 88.0 cm³/mol. The first kappa shape index (κ1) is 15.7. The van der Waals surface area contributed by atoms with E-state index in [0.717, 1.165) is 6.42 Å². The highest BCUT2D eigenvalue weighted by Crippen LogP contribution is 2.22. The van der Waals surface area contributed by atoms with Gasteiger partial charge in [-0.25, -0.2) is 0 Å². The first-order valence-electron chi connectivity index (χ1n) is 7.47. The molecule has 0 aliphatic carbocycles. The van der Waals surface area contributed by atoms with Crippen LogP contribution in [0, 0.1) is 0 Å². The van der Waals surface area contributed by atoms with E-state index in [-0.39, 0.29) is 18.7 Å². The Morgan fingerprint density at radius 3 is 2.19 bits per heavy atom. The van der Waals surface area contributed by atoms with Crippen molar-refractivity contribution in [1.82, 2.24) is 5.32 Å². The van der Waals surface area contributed by atoms with Gasteiger partial charge in [-0.3, -0.25) is 0 Å². The lowest BCUT2D eigenvalue weighted by molar-refractivity contribution is 0.263. The third-order valence-electron chi connectivity index (χ3n) is 3.70. The van der Waals surface area contributed by atoms with E-state index < -0.39 is 0 Å². The molecule has 2 aromatic rings. The van der Waals surface area contributed by atoms with Crippen LogP contribution in [0.5, 0.6) is 0 Å². The van der Waals surface area contributed by atoms with Gasteiger partial charge < -0.3 is 16.2 Å². The predicted octanol–water partition coefficient (Wildman–Crippen LogP) is 2.71. The van der Waals surface area contributed by atoms with Crippen LogP contribution >= 0.6 is 0 Å². The minimum absolute atomic E-state index is 0.122. The molecule has 3 heteroatoms. The fourth-order valence-electron chi connectivity index (χ4n) is 2.46. The van der Waals surface area contributed by atoms with Gasteiger partial charge >= 0.3 is 0 Å². The van der Waals surface area contributed by atoms with Gasteiger partial charge in [-0.05, 0) is 30.0 Å². The molecule has 0 aliphatic rings. The van der Waals surface area contributed by atoms with Gasteiger partial charge in [-0.15, -0.1) is 0 Å². The molecule has 2 unspecified atom stereocenters. The monoisotopic (exact) mass is 284 g/mol. The smallest absolute Gasteiger partial charge is 0.0446 e. The number of hydrogen-bond acceptors (Lipinski definition) is 3. The van der Waals surface area contributed by atoms with E-state index in [2.05, 4.69) is 48.6 Å². The second-order valence-corrected chi connectivity index (χ2v) is 5.36. The summed E-state index contributed by atoms with van der Waals surface area (Å²) in [6.45, 7) is 2.80. The van der Waals surface area contributed by atoms with Crippen molar-refractivity contribution in [2.24, 2.45) is 5.73 Å². The van der Waals surface area contributed by atoms with E-state index in [9.17, 15) is 0 Å². The lowest BCUT2D eigenvalue weighted by atomic mass is 10.00. The van der Waals surface area contributed by atoms with Crippen molar-refractivity contribution in [3.8, 4) is 11.1 Å². The van der Waals surface area contributed by atoms with E-state index in [1.165, 1.54) is 16.7 Å². The molecule has 2 aromatic carbocycles. The molecular weight excluding hydrogens is 260 g/mol. The molecular formula is C18H24N2O. The van der Waals surface area contributed by atoms with Crippen molar-refractivity contribution in [2.75, 3.05) is 13.2 Å². The van der Waals surface area contributed by atoms with Crippen LogP contribution in [-0.4, -0.2) is 24.3 Å². The first-order valence-corrected chi connectivity index (χ1v) is 7.47. The third-order valence-corrected chi connectivity index (χ3v) is 3.70. The summed E-state index contributed by atoms with van der Waals surface area (Å²) in [6.07, 6.45) is 0.735. The van der Waals surface area contributed by atoms with Crippen LogP contribution in [0.4, 0.5) is 0 Å². The largest absolute Gasteiger partial charge is 0.396 e. The highest BCUT2D eigenvalue weighted by Gasteiger charge is 2.12. The molecule has 3 nitrogen and oxygen atoms in total. The second kappa shape index (κ2) is 7.93. The summed E-state index contributed by atoms with van der Waals surface area (Å²) in [5, 5.41) is 12.4. The fraction of sp³-hybridized carbons (Fsp3) is 0.333. The molecule has 0 saturated heterocycles. The van der Waals surface area contributed by atoms with Crippen LogP contribution in [0.2, 0.25) is 0 Å². The zero-order valence-electron chi connectivity index (χ0n) is 12.5. The number of nitrogens with two attached hydrogens (primary N) is 1. The summed E-state index contributed by atoms with van der Waals surface area (Å²) in [4.78, 5) is 0. The standard InChI is InChI=1S/C18H24N2O/c1-14(11-12-21)20-18(13-19)17-9-7-16(8-10-17)15-5-3-2-4-6-15/h2-10,14,18,20-21H,11-13,19H2,1H3. The summed E-state index contributed by atoms with van der Waals surface area (Å²) in [5.74, 6) is 0. The van der Waals surface area contributed by atoms with Gasteiger partial charge in [0, 0.05) is 25.2 Å². The number of hydrogen-bond donors (Lipinski definition) is 3. The zero-order valence-corrected chi connectivity index (χ0v) is 12.5. The minimum Gasteiger partial charge on any atom is -0.396 e. The number of rotatable bonds is 7. The van der Waals surface area contributed by atoms with Crippen LogP contribution in [0.15, 0.2) is 54.6 Å². The molecule has 0 aromatic heterocycles. The average molecular weight is 284 g/mol. The SMILES string of the molecule is CC(CCO)NC(CN)c1ccc(-c2ccccc2)cc1. The summed E-state index contributed by atoms with van der Waals surface area (Å²) >= 11 is 0. The molecule has 0 heterocycles. The molecule has 0 radical (unpaired) electrons. The highest BCUT2D eigenvalue weighted by atomic mass is 16.3. The summed E-state index contributed by atoms with van der Waals surface area (Å²) in [5.41, 5.74) is 9.48. The maximum atomic E-state index is 8.98. The van der Waals surface area contributed by atoms with Crippen LogP contribution in [-0.2, 0) is 0 Å². The Kier molecular flexibility index (Phi) is 5.93. The van der Waals surface area contributed by atoms with Crippen molar-refractivity contribution >= 4 is 0 Å². The quantitative estimate of drug-likeness (QED) is 0.732. The maximum absolute atomic E-state index is 8.98. The third kappa shape index (κ3) is 4.39. The van der Waals surface area contributed by atoms with Gasteiger partial charge in [0.05, 0.1) is 0 Å². The van der Waals surface area contributed by atoms with E-state index in [4.69, 9.17) is 10.8 Å². The lowest BCUT2D eigenvalue weighted by Crippen LogP contribution is -2.35. The molecule has 0 spiro atoms. The Bertz CT molecular complexity index is 525. The Balaban J connectivity index is 2.09. The van der Waals surface area contributed by atoms with E-state index in [1.807, 2.05) is 18.2 Å². The normalized spacial score (nSPS) is 13.9. The van der Waals surface area contributed by atoms with Crippen LogP contribution in [0.3, 0.4) is 0 Å². The topological polar surface area (TPSA) is 58.3 Å². The van der Waals surface area contributed by atoms with Crippen LogP contribution < -0.4 is 11.1 Å². The van der Waals surface area contributed by atoms with Crippen molar-refractivity contribution in [3.05, 3.63) is 60.2 Å². The Labute approximate surface area is 126 Å². The molecule has 21 heavy (non-hydrogen) atoms. The van der Waals surface area contributed by atoms with E-state index in [1.54, 1.807) is 0 Å². The van der Waals surface area contributed by atoms with E-state index in [0.29, 0.717) is 6.54 Å². The Morgan fingerprint density at radius 2 is 1.62 bits per heavy atom. The molecule has 2 rings (SSSR count). The van der Waals surface area contributed by atoms with Gasteiger partial charge in [-0.1, -0.05) is 54.6 Å². The van der Waals surface area contributed by atoms with Crippen LogP contribution in [0.25, 0.3) is 11.1 Å². The van der Waals surface area contributed by atoms with Gasteiger partial charge in [0.25, 0.3) is 0 Å². The van der Waals surface area contributed by atoms with Gasteiger partial charge in [0.1, 0.15) is 0 Å². The summed E-state index contributed by atoms with van der Waals surface area (Å²) < 4.78 is 0. The minimum atomic E-state index is 0.122. The maximum Gasteiger partial charge on any atom is 0.0446 e. The van der Waals surface area contributed by atoms with Gasteiger partial charge in [-0.2, -0.15) is 0 Å². The lowest BCUT2D eigenvalue weighted by Gasteiger charge is -2.22. The number of nitrogens with one attached hydrogen (secondary N) is 1. The molecule has 2 atom stereocenters. The second-order valence-electron chi connectivity index (χ2n) is 5.36. The molecule has 112 valence electrons. The van der Waals surface area contributed by atoms with Gasteiger partial charge in [0.15, 0.2) is 0 Å². The zero-order chi connectivity index (χ0) is 15.1. The Morgan fingerprint density at radius 1 is 1.00 bits per heavy atom. The van der Waals surface area contributed by atoms with E-state index >= 15 is 0 Å². The van der Waals surface area contributed by atoms with Gasteiger partial charge in [0.2, 0.25) is 0 Å². The molecule has 0 fully saturated rings. The molecule has 0 bridgehead atoms. The van der Waals surface area contributed by atoms with Crippen molar-refractivity contribution in [3.63, 3.8) is 0 Å².